The molecule has 2 rings (SSSR count). The Kier molecular flexibility index (Phi) is 4.27. The van der Waals surface area contributed by atoms with Crippen LogP contribution in [0, 0.1) is 11.6 Å². The number of phenolic OH excluding ortho intramolecular Hbond substituents is 1. The molecule has 100 valence electrons. The predicted octanol–water partition coefficient (Wildman–Crippen LogP) is 4.70. The highest BCUT2D eigenvalue weighted by Crippen LogP contribution is 2.27. The van der Waals surface area contributed by atoms with Crippen LogP contribution < -0.4 is 5.32 Å². The lowest BCUT2D eigenvalue weighted by molar-refractivity contribution is 0.395. The van der Waals surface area contributed by atoms with Gasteiger partial charge in [0.2, 0.25) is 0 Å². The third-order valence-electron chi connectivity index (χ3n) is 2.49. The molecule has 0 atom stereocenters. The molecule has 0 aliphatic heterocycles. The second-order valence-electron chi connectivity index (χ2n) is 3.89. The Bertz CT molecular complexity index is 599. The van der Waals surface area contributed by atoms with Gasteiger partial charge in [-0.05, 0) is 51.8 Å². The zero-order valence-electron chi connectivity index (χ0n) is 9.55. The van der Waals surface area contributed by atoms with Crippen LogP contribution >= 0.6 is 27.5 Å². The van der Waals surface area contributed by atoms with E-state index in [-0.39, 0.29) is 6.54 Å². The molecule has 0 aliphatic carbocycles. The Morgan fingerprint density at radius 2 is 1.79 bits per heavy atom. The predicted molar refractivity (Wildman–Crippen MR) is 74.5 cm³/mol. The van der Waals surface area contributed by atoms with Crippen molar-refractivity contribution in [2.75, 3.05) is 5.32 Å². The molecule has 0 spiro atoms. The highest BCUT2D eigenvalue weighted by molar-refractivity contribution is 9.10. The molecule has 0 saturated heterocycles. The minimum absolute atomic E-state index is 0.217. The summed E-state index contributed by atoms with van der Waals surface area (Å²) < 4.78 is 27.1. The lowest BCUT2D eigenvalue weighted by Crippen LogP contribution is -2.01. The number of hydrogen-bond donors (Lipinski definition) is 2. The average molecular weight is 349 g/mol. The molecule has 0 saturated carbocycles. The van der Waals surface area contributed by atoms with Crippen LogP contribution in [0.4, 0.5) is 14.5 Å². The van der Waals surface area contributed by atoms with E-state index < -0.39 is 17.4 Å². The van der Waals surface area contributed by atoms with Crippen LogP contribution in [0.1, 0.15) is 5.56 Å². The van der Waals surface area contributed by atoms with Gasteiger partial charge in [0.05, 0.1) is 0 Å². The van der Waals surface area contributed by atoms with Gasteiger partial charge in [-0.25, -0.2) is 8.78 Å². The summed E-state index contributed by atoms with van der Waals surface area (Å²) >= 11 is 9.13. The molecule has 0 unspecified atom stereocenters. The second-order valence-corrected chi connectivity index (χ2v) is 5.18. The van der Waals surface area contributed by atoms with E-state index in [1.807, 2.05) is 0 Å². The summed E-state index contributed by atoms with van der Waals surface area (Å²) in [7, 11) is 0. The van der Waals surface area contributed by atoms with Gasteiger partial charge in [0.1, 0.15) is 0 Å². The molecule has 0 amide bonds. The van der Waals surface area contributed by atoms with Crippen LogP contribution in [0.15, 0.2) is 34.8 Å². The van der Waals surface area contributed by atoms with Crippen LogP contribution in [0.3, 0.4) is 0 Å². The maximum Gasteiger partial charge on any atom is 0.187 e. The largest absolute Gasteiger partial charge is 0.503 e. The van der Waals surface area contributed by atoms with E-state index in [1.165, 1.54) is 0 Å². The molecule has 2 nitrogen and oxygen atoms in total. The SMILES string of the molecule is Oc1c(F)cc(CNc2ccc(Cl)cc2Br)cc1F. The first kappa shape index (κ1) is 14.1. The molecule has 19 heavy (non-hydrogen) atoms. The number of aromatic hydroxyl groups is 1. The van der Waals surface area contributed by atoms with Crippen molar-refractivity contribution in [3.8, 4) is 5.75 Å². The molecule has 2 aromatic carbocycles. The first-order chi connectivity index (χ1) is 8.97. The monoisotopic (exact) mass is 347 g/mol. The van der Waals surface area contributed by atoms with Crippen molar-refractivity contribution in [2.24, 2.45) is 0 Å². The molecule has 0 radical (unpaired) electrons. The summed E-state index contributed by atoms with van der Waals surface area (Å²) in [6, 6.07) is 7.32. The molecule has 6 heteroatoms. The van der Waals surface area contributed by atoms with E-state index in [4.69, 9.17) is 16.7 Å². The van der Waals surface area contributed by atoms with E-state index in [0.29, 0.717) is 10.6 Å². The Morgan fingerprint density at radius 3 is 2.37 bits per heavy atom. The number of phenols is 1. The topological polar surface area (TPSA) is 32.3 Å². The highest BCUT2D eigenvalue weighted by Gasteiger charge is 2.09. The summed E-state index contributed by atoms with van der Waals surface area (Å²) in [5, 5.41) is 12.6. The van der Waals surface area contributed by atoms with Gasteiger partial charge in [-0.2, -0.15) is 0 Å². The van der Waals surface area contributed by atoms with E-state index in [1.54, 1.807) is 18.2 Å². The van der Waals surface area contributed by atoms with Crippen molar-refractivity contribution in [2.45, 2.75) is 6.54 Å². The van der Waals surface area contributed by atoms with Gasteiger partial charge in [-0.15, -0.1) is 0 Å². The molecule has 0 aromatic heterocycles. The number of rotatable bonds is 3. The van der Waals surface area contributed by atoms with Gasteiger partial charge < -0.3 is 10.4 Å². The molecule has 2 aromatic rings. The molecule has 0 heterocycles. The number of hydrogen-bond acceptors (Lipinski definition) is 2. The van der Waals surface area contributed by atoms with Gasteiger partial charge >= 0.3 is 0 Å². The van der Waals surface area contributed by atoms with Crippen molar-refractivity contribution < 1.29 is 13.9 Å². The Labute approximate surface area is 122 Å². The van der Waals surface area contributed by atoms with Crippen LogP contribution in [-0.4, -0.2) is 5.11 Å². The standard InChI is InChI=1S/C13H9BrClF2NO/c14-9-5-8(15)1-2-12(9)18-6-7-3-10(16)13(19)11(17)4-7/h1-5,18-19H,6H2. The first-order valence-electron chi connectivity index (χ1n) is 5.33. The van der Waals surface area contributed by atoms with Crippen LogP contribution in [0.2, 0.25) is 5.02 Å². The Balaban J connectivity index is 2.14. The number of nitrogens with one attached hydrogen (secondary N) is 1. The van der Waals surface area contributed by atoms with E-state index in [2.05, 4.69) is 21.2 Å². The Morgan fingerprint density at radius 1 is 1.16 bits per heavy atom. The maximum absolute atomic E-state index is 13.2. The van der Waals surface area contributed by atoms with Crippen LogP contribution in [0.5, 0.6) is 5.75 Å². The van der Waals surface area contributed by atoms with Crippen LogP contribution in [-0.2, 0) is 6.54 Å². The fraction of sp³-hybridized carbons (Fsp3) is 0.0769. The fourth-order valence-corrected chi connectivity index (χ4v) is 2.37. The lowest BCUT2D eigenvalue weighted by atomic mass is 10.2. The molecule has 0 aliphatic rings. The minimum atomic E-state index is -0.980. The van der Waals surface area contributed by atoms with E-state index >= 15 is 0 Å². The third kappa shape index (κ3) is 3.36. The second kappa shape index (κ2) is 5.75. The number of halogens is 4. The summed E-state index contributed by atoms with van der Waals surface area (Å²) in [6.45, 7) is 0.217. The van der Waals surface area contributed by atoms with Gasteiger partial charge in [-0.3, -0.25) is 0 Å². The Hall–Kier alpha value is -1.33. The molecule has 0 bridgehead atoms. The molecular formula is C13H9BrClF2NO. The normalized spacial score (nSPS) is 10.5. The first-order valence-corrected chi connectivity index (χ1v) is 6.50. The summed E-state index contributed by atoms with van der Waals surface area (Å²) in [6.07, 6.45) is 0. The van der Waals surface area contributed by atoms with Crippen molar-refractivity contribution in [3.05, 3.63) is 57.0 Å². The van der Waals surface area contributed by atoms with Gasteiger partial charge in [0.15, 0.2) is 17.4 Å². The van der Waals surface area contributed by atoms with E-state index in [9.17, 15) is 8.78 Å². The van der Waals surface area contributed by atoms with Crippen molar-refractivity contribution >= 4 is 33.2 Å². The van der Waals surface area contributed by atoms with Crippen LogP contribution in [0.25, 0.3) is 0 Å². The average Bonchev–Trinajstić information content (AvgIpc) is 2.34. The van der Waals surface area contributed by atoms with Gasteiger partial charge in [0, 0.05) is 21.7 Å². The van der Waals surface area contributed by atoms with Crippen molar-refractivity contribution in [3.63, 3.8) is 0 Å². The number of benzene rings is 2. The zero-order chi connectivity index (χ0) is 14.0. The fourth-order valence-electron chi connectivity index (χ4n) is 1.55. The molecule has 2 N–H and O–H groups in total. The quantitative estimate of drug-likeness (QED) is 0.843. The minimum Gasteiger partial charge on any atom is -0.503 e. The molecule has 0 fully saturated rings. The van der Waals surface area contributed by atoms with Gasteiger partial charge in [-0.1, -0.05) is 11.6 Å². The number of anilines is 1. The van der Waals surface area contributed by atoms with Crippen molar-refractivity contribution in [1.82, 2.24) is 0 Å². The lowest BCUT2D eigenvalue weighted by Gasteiger charge is -2.09. The highest BCUT2D eigenvalue weighted by atomic mass is 79.9. The van der Waals surface area contributed by atoms with E-state index in [0.717, 1.165) is 22.3 Å². The van der Waals surface area contributed by atoms with Crippen molar-refractivity contribution in [1.29, 1.82) is 0 Å². The molecular weight excluding hydrogens is 340 g/mol. The maximum atomic E-state index is 13.2. The van der Waals surface area contributed by atoms with Gasteiger partial charge in [0.25, 0.3) is 0 Å². The third-order valence-corrected chi connectivity index (χ3v) is 3.38. The summed E-state index contributed by atoms with van der Waals surface area (Å²) in [4.78, 5) is 0. The summed E-state index contributed by atoms with van der Waals surface area (Å²) in [5.41, 5.74) is 1.13. The summed E-state index contributed by atoms with van der Waals surface area (Å²) in [5.74, 6) is -2.92. The zero-order valence-corrected chi connectivity index (χ0v) is 11.9. The smallest absolute Gasteiger partial charge is 0.187 e.